The highest BCUT2D eigenvalue weighted by Gasteiger charge is 2.49. The highest BCUT2D eigenvalue weighted by Crippen LogP contribution is 2.43. The molecule has 7 nitrogen and oxygen atoms in total. The van der Waals surface area contributed by atoms with Gasteiger partial charge in [0.2, 0.25) is 0 Å². The van der Waals surface area contributed by atoms with Crippen molar-refractivity contribution in [2.75, 3.05) is 19.4 Å². The molecule has 1 amide bonds. The van der Waals surface area contributed by atoms with E-state index >= 15 is 0 Å². The highest BCUT2D eigenvalue weighted by molar-refractivity contribution is 5.87. The molecule has 1 aromatic rings. The molecule has 0 saturated carbocycles. The maximum absolute atomic E-state index is 14.0. The quantitative estimate of drug-likeness (QED) is 0.818. The Morgan fingerprint density at radius 1 is 1.40 bits per heavy atom. The van der Waals surface area contributed by atoms with Crippen molar-refractivity contribution >= 4 is 17.7 Å². The van der Waals surface area contributed by atoms with Crippen molar-refractivity contribution in [2.24, 2.45) is 0 Å². The number of hydrogen-bond acceptors (Lipinski definition) is 6. The molecule has 1 aliphatic rings. The van der Waals surface area contributed by atoms with Gasteiger partial charge in [0, 0.05) is 12.0 Å². The summed E-state index contributed by atoms with van der Waals surface area (Å²) in [6.45, 7) is 4.14. The number of alkyl halides is 2. The summed E-state index contributed by atoms with van der Waals surface area (Å²) in [5.41, 5.74) is 5.25. The maximum Gasteiger partial charge on any atom is 0.411 e. The van der Waals surface area contributed by atoms with E-state index in [2.05, 4.69) is 9.72 Å². The number of nitrogens with two attached hydrogens (primary N) is 1. The SMILES string of the molecule is COC(=O)c1cc([C@@H]2CC(F)(F)CN2C(=O)OC(C)(C)C)c(N)cn1. The van der Waals surface area contributed by atoms with Gasteiger partial charge >= 0.3 is 12.1 Å². The van der Waals surface area contributed by atoms with Gasteiger partial charge in [-0.3, -0.25) is 4.90 Å². The Morgan fingerprint density at radius 3 is 2.60 bits per heavy atom. The molecule has 0 aromatic carbocycles. The van der Waals surface area contributed by atoms with Crippen LogP contribution in [0.3, 0.4) is 0 Å². The van der Waals surface area contributed by atoms with Gasteiger partial charge in [-0.2, -0.15) is 0 Å². The predicted octanol–water partition coefficient (Wildman–Crippen LogP) is 2.77. The largest absolute Gasteiger partial charge is 0.464 e. The van der Waals surface area contributed by atoms with Gasteiger partial charge in [0.1, 0.15) is 11.3 Å². The lowest BCUT2D eigenvalue weighted by Crippen LogP contribution is -2.38. The molecule has 9 heteroatoms. The average Bonchev–Trinajstić information content (AvgIpc) is 2.81. The number of anilines is 1. The number of pyridine rings is 1. The van der Waals surface area contributed by atoms with Gasteiger partial charge in [-0.05, 0) is 26.8 Å². The van der Waals surface area contributed by atoms with Gasteiger partial charge in [-0.1, -0.05) is 0 Å². The lowest BCUT2D eigenvalue weighted by Gasteiger charge is -2.28. The van der Waals surface area contributed by atoms with Crippen molar-refractivity contribution in [1.82, 2.24) is 9.88 Å². The number of rotatable bonds is 2. The van der Waals surface area contributed by atoms with Gasteiger partial charge in [-0.15, -0.1) is 0 Å². The lowest BCUT2D eigenvalue weighted by molar-refractivity contribution is -0.00243. The first-order chi connectivity index (χ1) is 11.4. The highest BCUT2D eigenvalue weighted by atomic mass is 19.3. The Hall–Kier alpha value is -2.45. The standard InChI is InChI=1S/C16H21F2N3O4/c1-15(2,3)25-14(23)21-8-16(17,18)6-12(21)9-5-11(13(22)24-4)20-7-10(9)19/h5,7,12H,6,8,19H2,1-4H3/t12-/m0/s1. The summed E-state index contributed by atoms with van der Waals surface area (Å²) in [7, 11) is 1.18. The second-order valence-electron chi connectivity index (χ2n) is 6.87. The Balaban J connectivity index is 2.40. The summed E-state index contributed by atoms with van der Waals surface area (Å²) in [5.74, 6) is -3.82. The van der Waals surface area contributed by atoms with Crippen LogP contribution in [0, 0.1) is 0 Å². The monoisotopic (exact) mass is 357 g/mol. The number of methoxy groups -OCH3 is 1. The minimum absolute atomic E-state index is 0.0777. The van der Waals surface area contributed by atoms with Gasteiger partial charge in [0.25, 0.3) is 5.92 Å². The topological polar surface area (TPSA) is 94.8 Å². The van der Waals surface area contributed by atoms with Crippen molar-refractivity contribution < 1.29 is 27.8 Å². The normalized spacial score (nSPS) is 19.6. The number of carbonyl (C=O) groups is 2. The van der Waals surface area contributed by atoms with Crippen LogP contribution in [0.4, 0.5) is 19.3 Å². The number of hydrogen-bond donors (Lipinski definition) is 1. The zero-order valence-corrected chi connectivity index (χ0v) is 14.5. The zero-order chi connectivity index (χ0) is 19.0. The molecule has 138 valence electrons. The van der Waals surface area contributed by atoms with Crippen LogP contribution in [0.1, 0.15) is 49.3 Å². The van der Waals surface area contributed by atoms with E-state index < -0.39 is 42.6 Å². The summed E-state index contributed by atoms with van der Waals surface area (Å²) in [5, 5.41) is 0. The summed E-state index contributed by atoms with van der Waals surface area (Å²) >= 11 is 0. The third-order valence-corrected chi connectivity index (χ3v) is 3.62. The molecular formula is C16H21F2N3O4. The fourth-order valence-corrected chi connectivity index (χ4v) is 2.59. The molecule has 0 radical (unpaired) electrons. The zero-order valence-electron chi connectivity index (χ0n) is 14.5. The number of amides is 1. The van der Waals surface area contributed by atoms with Crippen molar-refractivity contribution in [2.45, 2.75) is 44.8 Å². The third kappa shape index (κ3) is 4.34. The lowest BCUT2D eigenvalue weighted by atomic mass is 10.0. The predicted molar refractivity (Wildman–Crippen MR) is 85.2 cm³/mol. The van der Waals surface area contributed by atoms with E-state index in [0.29, 0.717) is 0 Å². The van der Waals surface area contributed by atoms with Gasteiger partial charge in [-0.25, -0.2) is 23.4 Å². The summed E-state index contributed by atoms with van der Waals surface area (Å²) in [6.07, 6.45) is -0.308. The Kier molecular flexibility index (Phi) is 4.87. The third-order valence-electron chi connectivity index (χ3n) is 3.62. The molecule has 1 aromatic heterocycles. The smallest absolute Gasteiger partial charge is 0.411 e. The molecule has 2 heterocycles. The molecule has 0 bridgehead atoms. The summed E-state index contributed by atoms with van der Waals surface area (Å²) in [4.78, 5) is 28.7. The van der Waals surface area contributed by atoms with Gasteiger partial charge in [0.15, 0.2) is 0 Å². The van der Waals surface area contributed by atoms with E-state index in [1.165, 1.54) is 19.4 Å². The Bertz CT molecular complexity index is 688. The van der Waals surface area contributed by atoms with Crippen LogP contribution in [0.25, 0.3) is 0 Å². The van der Waals surface area contributed by atoms with Crippen LogP contribution in [0.5, 0.6) is 0 Å². The van der Waals surface area contributed by atoms with Crippen LogP contribution in [-0.4, -0.2) is 47.1 Å². The molecule has 1 saturated heterocycles. The first kappa shape index (κ1) is 18.9. The second-order valence-corrected chi connectivity index (χ2v) is 6.87. The van der Waals surface area contributed by atoms with Crippen molar-refractivity contribution in [3.8, 4) is 0 Å². The molecule has 0 unspecified atom stereocenters. The van der Waals surface area contributed by atoms with Crippen LogP contribution < -0.4 is 5.73 Å². The van der Waals surface area contributed by atoms with Gasteiger partial charge in [0.05, 0.1) is 31.6 Å². The average molecular weight is 357 g/mol. The first-order valence-electron chi connectivity index (χ1n) is 7.65. The van der Waals surface area contributed by atoms with Crippen molar-refractivity contribution in [1.29, 1.82) is 0 Å². The molecule has 25 heavy (non-hydrogen) atoms. The molecular weight excluding hydrogens is 336 g/mol. The van der Waals surface area contributed by atoms with E-state index in [4.69, 9.17) is 10.5 Å². The van der Waals surface area contributed by atoms with Crippen LogP contribution in [0.2, 0.25) is 0 Å². The molecule has 0 spiro atoms. The molecule has 2 rings (SSSR count). The number of esters is 1. The fraction of sp³-hybridized carbons (Fsp3) is 0.562. The molecule has 0 aliphatic carbocycles. The number of aromatic nitrogens is 1. The summed E-state index contributed by atoms with van der Waals surface area (Å²) in [6, 6.07) is 0.237. The van der Waals surface area contributed by atoms with E-state index in [1.807, 2.05) is 0 Å². The van der Waals surface area contributed by atoms with Crippen LogP contribution >= 0.6 is 0 Å². The fourth-order valence-electron chi connectivity index (χ4n) is 2.59. The van der Waals surface area contributed by atoms with E-state index in [9.17, 15) is 18.4 Å². The van der Waals surface area contributed by atoms with E-state index in [0.717, 1.165) is 4.90 Å². The Labute approximate surface area is 144 Å². The number of nitrogens with zero attached hydrogens (tertiary/aromatic N) is 2. The minimum atomic E-state index is -3.09. The molecule has 1 fully saturated rings. The van der Waals surface area contributed by atoms with E-state index in [1.54, 1.807) is 20.8 Å². The minimum Gasteiger partial charge on any atom is -0.464 e. The second kappa shape index (κ2) is 6.45. The number of halogens is 2. The van der Waals surface area contributed by atoms with E-state index in [-0.39, 0.29) is 16.9 Å². The first-order valence-corrected chi connectivity index (χ1v) is 7.65. The molecule has 1 atom stereocenters. The number of nitrogen functional groups attached to an aromatic ring is 1. The van der Waals surface area contributed by atoms with Crippen LogP contribution in [-0.2, 0) is 9.47 Å². The maximum atomic E-state index is 14.0. The number of carbonyl (C=O) groups excluding carboxylic acids is 2. The number of ether oxygens (including phenoxy) is 2. The number of likely N-dealkylation sites (tertiary alicyclic amines) is 1. The molecule has 1 aliphatic heterocycles. The Morgan fingerprint density at radius 2 is 2.04 bits per heavy atom. The van der Waals surface area contributed by atoms with Crippen LogP contribution in [0.15, 0.2) is 12.3 Å². The molecule has 2 N–H and O–H groups in total. The van der Waals surface area contributed by atoms with Crippen molar-refractivity contribution in [3.05, 3.63) is 23.5 Å². The summed E-state index contributed by atoms with van der Waals surface area (Å²) < 4.78 is 37.8. The van der Waals surface area contributed by atoms with Gasteiger partial charge < -0.3 is 15.2 Å². The van der Waals surface area contributed by atoms with Crippen molar-refractivity contribution in [3.63, 3.8) is 0 Å².